The van der Waals surface area contributed by atoms with Crippen LogP contribution >= 0.6 is 11.3 Å². The number of carboxylic acids is 1. The van der Waals surface area contributed by atoms with Gasteiger partial charge in [-0.3, -0.25) is 5.01 Å². The second-order valence-corrected chi connectivity index (χ2v) is 4.48. The standard InChI is InChI=1S/C10H10N4O2S/c1-14(2)13-12-7-6-4-3-5-11-9(6)17-8(7)10(15)16/h3-5H,1-2H3,(H,15,16). The Morgan fingerprint density at radius 1 is 1.53 bits per heavy atom. The van der Waals surface area contributed by atoms with E-state index >= 15 is 0 Å². The summed E-state index contributed by atoms with van der Waals surface area (Å²) < 4.78 is 0. The average molecular weight is 250 g/mol. The molecule has 0 amide bonds. The number of aromatic nitrogens is 1. The van der Waals surface area contributed by atoms with E-state index in [0.29, 0.717) is 15.9 Å². The van der Waals surface area contributed by atoms with Gasteiger partial charge in [-0.15, -0.1) is 16.5 Å². The number of hydrogen-bond donors (Lipinski definition) is 1. The van der Waals surface area contributed by atoms with E-state index in [2.05, 4.69) is 15.3 Å². The SMILES string of the molecule is CN(C)N=Nc1c(C(=O)O)sc2ncccc12. The molecule has 0 spiro atoms. The average Bonchev–Trinajstić information content (AvgIpc) is 2.65. The smallest absolute Gasteiger partial charge is 0.348 e. The van der Waals surface area contributed by atoms with Crippen LogP contribution in [0.2, 0.25) is 0 Å². The first-order valence-electron chi connectivity index (χ1n) is 4.79. The highest BCUT2D eigenvalue weighted by atomic mass is 32.1. The topological polar surface area (TPSA) is 78.2 Å². The van der Waals surface area contributed by atoms with E-state index in [9.17, 15) is 4.79 Å². The molecule has 88 valence electrons. The largest absolute Gasteiger partial charge is 0.477 e. The van der Waals surface area contributed by atoms with Gasteiger partial charge in [-0.2, -0.15) is 0 Å². The Kier molecular flexibility index (Phi) is 3.01. The van der Waals surface area contributed by atoms with Crippen molar-refractivity contribution in [3.63, 3.8) is 0 Å². The molecule has 0 atom stereocenters. The van der Waals surface area contributed by atoms with Crippen molar-refractivity contribution in [1.29, 1.82) is 0 Å². The van der Waals surface area contributed by atoms with Crippen LogP contribution in [0.5, 0.6) is 0 Å². The van der Waals surface area contributed by atoms with Crippen LogP contribution in [0, 0.1) is 0 Å². The maximum atomic E-state index is 11.1. The molecule has 6 nitrogen and oxygen atoms in total. The second-order valence-electron chi connectivity index (χ2n) is 3.48. The van der Waals surface area contributed by atoms with Crippen LogP contribution in [0.4, 0.5) is 5.69 Å². The Morgan fingerprint density at radius 3 is 2.94 bits per heavy atom. The minimum absolute atomic E-state index is 0.157. The van der Waals surface area contributed by atoms with Crippen LogP contribution in [-0.2, 0) is 0 Å². The Hall–Kier alpha value is -2.02. The first-order valence-corrected chi connectivity index (χ1v) is 5.61. The van der Waals surface area contributed by atoms with Crippen molar-refractivity contribution >= 4 is 33.2 Å². The molecule has 0 aliphatic rings. The lowest BCUT2D eigenvalue weighted by Gasteiger charge is -2.00. The van der Waals surface area contributed by atoms with Gasteiger partial charge in [-0.05, 0) is 12.1 Å². The molecular formula is C10H10N4O2S. The summed E-state index contributed by atoms with van der Waals surface area (Å²) in [6.45, 7) is 0. The van der Waals surface area contributed by atoms with E-state index in [4.69, 9.17) is 5.11 Å². The predicted octanol–water partition coefficient (Wildman–Crippen LogP) is 2.55. The van der Waals surface area contributed by atoms with Crippen LogP contribution in [-0.4, -0.2) is 35.2 Å². The van der Waals surface area contributed by atoms with Gasteiger partial charge in [0, 0.05) is 25.7 Å². The molecule has 0 saturated heterocycles. The van der Waals surface area contributed by atoms with Gasteiger partial charge in [0.1, 0.15) is 15.4 Å². The molecule has 7 heteroatoms. The first kappa shape index (κ1) is 11.5. The fourth-order valence-corrected chi connectivity index (χ4v) is 2.21. The Labute approximate surface area is 101 Å². The Balaban J connectivity index is 2.64. The normalized spacial score (nSPS) is 11.2. The molecule has 0 fully saturated rings. The number of carbonyl (C=O) groups is 1. The molecule has 1 N–H and O–H groups in total. The van der Waals surface area contributed by atoms with Crippen LogP contribution < -0.4 is 0 Å². The molecule has 2 heterocycles. The highest BCUT2D eigenvalue weighted by Gasteiger charge is 2.18. The minimum atomic E-state index is -1.01. The minimum Gasteiger partial charge on any atom is -0.477 e. The van der Waals surface area contributed by atoms with E-state index in [0.717, 1.165) is 11.3 Å². The van der Waals surface area contributed by atoms with E-state index in [1.54, 1.807) is 32.4 Å². The predicted molar refractivity (Wildman–Crippen MR) is 64.8 cm³/mol. The first-order chi connectivity index (χ1) is 8.09. The third kappa shape index (κ3) is 2.23. The van der Waals surface area contributed by atoms with Crippen LogP contribution in [0.15, 0.2) is 28.7 Å². The maximum absolute atomic E-state index is 11.1. The van der Waals surface area contributed by atoms with Gasteiger partial charge in [-0.1, -0.05) is 5.22 Å². The number of hydrogen-bond acceptors (Lipinski definition) is 5. The van der Waals surface area contributed by atoms with Crippen molar-refractivity contribution in [3.8, 4) is 0 Å². The van der Waals surface area contributed by atoms with E-state index in [1.807, 2.05) is 0 Å². The zero-order valence-corrected chi connectivity index (χ0v) is 10.1. The molecule has 0 aromatic carbocycles. The highest BCUT2D eigenvalue weighted by molar-refractivity contribution is 7.21. The third-order valence-corrected chi connectivity index (χ3v) is 3.05. The van der Waals surface area contributed by atoms with Gasteiger partial charge < -0.3 is 5.11 Å². The van der Waals surface area contributed by atoms with Gasteiger partial charge in [0.2, 0.25) is 0 Å². The number of pyridine rings is 1. The molecule has 0 saturated carbocycles. The fourth-order valence-electron chi connectivity index (χ4n) is 1.30. The van der Waals surface area contributed by atoms with Crippen molar-refractivity contribution in [2.24, 2.45) is 10.3 Å². The highest BCUT2D eigenvalue weighted by Crippen LogP contribution is 2.36. The zero-order chi connectivity index (χ0) is 12.4. The summed E-state index contributed by atoms with van der Waals surface area (Å²) >= 11 is 1.10. The molecule has 0 unspecified atom stereocenters. The summed E-state index contributed by atoms with van der Waals surface area (Å²) in [5.41, 5.74) is 0.360. The number of rotatable bonds is 3. The third-order valence-electron chi connectivity index (χ3n) is 1.96. The van der Waals surface area contributed by atoms with Crippen molar-refractivity contribution < 1.29 is 9.90 Å². The second kappa shape index (κ2) is 4.46. The Morgan fingerprint density at radius 2 is 2.29 bits per heavy atom. The van der Waals surface area contributed by atoms with E-state index < -0.39 is 5.97 Å². The molecule has 2 aromatic heterocycles. The van der Waals surface area contributed by atoms with Crippen molar-refractivity contribution in [2.75, 3.05) is 14.1 Å². The van der Waals surface area contributed by atoms with Gasteiger partial charge in [0.15, 0.2) is 0 Å². The molecule has 0 aliphatic carbocycles. The molecule has 17 heavy (non-hydrogen) atoms. The van der Waals surface area contributed by atoms with Gasteiger partial charge in [0.05, 0.1) is 0 Å². The Bertz CT molecular complexity index is 591. The summed E-state index contributed by atoms with van der Waals surface area (Å²) in [6, 6.07) is 3.53. The number of carboxylic acid groups (broad SMARTS) is 1. The summed E-state index contributed by atoms with van der Waals surface area (Å²) in [7, 11) is 3.44. The number of thiophene rings is 1. The summed E-state index contributed by atoms with van der Waals surface area (Å²) in [5, 5.41) is 19.1. The van der Waals surface area contributed by atoms with E-state index in [-0.39, 0.29) is 4.88 Å². The molecule has 0 bridgehead atoms. The lowest BCUT2D eigenvalue weighted by atomic mass is 10.3. The number of fused-ring (bicyclic) bond motifs is 1. The molecule has 2 rings (SSSR count). The zero-order valence-electron chi connectivity index (χ0n) is 9.28. The molecule has 2 aromatic rings. The summed E-state index contributed by atoms with van der Waals surface area (Å²) in [4.78, 5) is 16.0. The molecular weight excluding hydrogens is 240 g/mol. The fraction of sp³-hybridized carbons (Fsp3) is 0.200. The molecule has 0 aliphatic heterocycles. The van der Waals surface area contributed by atoms with Crippen molar-refractivity contribution in [3.05, 3.63) is 23.2 Å². The number of nitrogens with zero attached hydrogens (tertiary/aromatic N) is 4. The number of aromatic carboxylic acids is 1. The quantitative estimate of drug-likeness (QED) is 0.670. The van der Waals surface area contributed by atoms with Crippen LogP contribution in [0.25, 0.3) is 10.2 Å². The van der Waals surface area contributed by atoms with Crippen LogP contribution in [0.1, 0.15) is 9.67 Å². The van der Waals surface area contributed by atoms with Crippen molar-refractivity contribution in [2.45, 2.75) is 0 Å². The van der Waals surface area contributed by atoms with Crippen LogP contribution in [0.3, 0.4) is 0 Å². The van der Waals surface area contributed by atoms with Gasteiger partial charge in [-0.25, -0.2) is 9.78 Å². The maximum Gasteiger partial charge on any atom is 0.348 e. The summed E-state index contributed by atoms with van der Waals surface area (Å²) in [6.07, 6.45) is 1.62. The molecule has 0 radical (unpaired) electrons. The monoisotopic (exact) mass is 250 g/mol. The van der Waals surface area contributed by atoms with E-state index in [1.165, 1.54) is 5.01 Å². The van der Waals surface area contributed by atoms with Gasteiger partial charge in [0.25, 0.3) is 0 Å². The lowest BCUT2D eigenvalue weighted by Crippen LogP contribution is -1.99. The van der Waals surface area contributed by atoms with Crippen molar-refractivity contribution in [1.82, 2.24) is 9.99 Å². The lowest BCUT2D eigenvalue weighted by molar-refractivity contribution is 0.0703. The summed E-state index contributed by atoms with van der Waals surface area (Å²) in [5.74, 6) is -1.01. The van der Waals surface area contributed by atoms with Gasteiger partial charge >= 0.3 is 5.97 Å².